The van der Waals surface area contributed by atoms with Crippen molar-refractivity contribution in [2.75, 3.05) is 13.1 Å². The molecule has 5 nitrogen and oxygen atoms in total. The Morgan fingerprint density at radius 2 is 2.06 bits per heavy atom. The molecular formula is C13H24N2O3. The summed E-state index contributed by atoms with van der Waals surface area (Å²) in [5.74, 6) is 0. The summed E-state index contributed by atoms with van der Waals surface area (Å²) in [7, 11) is 0. The monoisotopic (exact) mass is 256 g/mol. The van der Waals surface area contributed by atoms with E-state index in [4.69, 9.17) is 4.74 Å². The molecule has 1 fully saturated rings. The molecular weight excluding hydrogens is 232 g/mol. The number of nitrogens with zero attached hydrogens (tertiary/aromatic N) is 2. The van der Waals surface area contributed by atoms with Gasteiger partial charge in [-0.3, -0.25) is 0 Å². The second-order valence-electron chi connectivity index (χ2n) is 5.73. The minimum Gasteiger partial charge on any atom is -0.443 e. The summed E-state index contributed by atoms with van der Waals surface area (Å²) < 4.78 is 5.41. The van der Waals surface area contributed by atoms with E-state index < -0.39 is 5.60 Å². The average molecular weight is 256 g/mol. The minimum atomic E-state index is -0.495. The Balaban J connectivity index is 2.65. The van der Waals surface area contributed by atoms with Crippen LogP contribution < -0.4 is 0 Å². The fraction of sp³-hybridized carbons (Fsp3) is 0.846. The van der Waals surface area contributed by atoms with Crippen molar-refractivity contribution in [1.82, 2.24) is 10.0 Å². The number of amides is 1. The van der Waals surface area contributed by atoms with E-state index in [2.05, 4.69) is 0 Å². The molecule has 1 atom stereocenters. The van der Waals surface area contributed by atoms with Crippen molar-refractivity contribution in [3.63, 3.8) is 0 Å². The van der Waals surface area contributed by atoms with Crippen LogP contribution in [0.2, 0.25) is 0 Å². The molecule has 0 N–H and O–H groups in total. The maximum atomic E-state index is 12.2. The lowest BCUT2D eigenvalue weighted by Gasteiger charge is -2.44. The van der Waals surface area contributed by atoms with Gasteiger partial charge in [-0.2, -0.15) is 0 Å². The number of rotatable bonds is 5. The van der Waals surface area contributed by atoms with Crippen LogP contribution in [0.25, 0.3) is 0 Å². The van der Waals surface area contributed by atoms with Gasteiger partial charge in [0.2, 0.25) is 0 Å². The van der Waals surface area contributed by atoms with E-state index in [1.165, 1.54) is 0 Å². The van der Waals surface area contributed by atoms with Crippen molar-refractivity contribution in [2.45, 2.75) is 58.6 Å². The molecule has 5 heteroatoms. The van der Waals surface area contributed by atoms with Crippen LogP contribution in [0.1, 0.15) is 47.0 Å². The molecule has 0 saturated carbocycles. The third-order valence-corrected chi connectivity index (χ3v) is 2.84. The Hall–Kier alpha value is -1.10. The number of hydrogen-bond acceptors (Lipinski definition) is 4. The zero-order valence-corrected chi connectivity index (χ0v) is 11.8. The first-order valence-electron chi connectivity index (χ1n) is 6.56. The first-order chi connectivity index (χ1) is 8.35. The zero-order chi connectivity index (χ0) is 13.8. The van der Waals surface area contributed by atoms with Gasteiger partial charge in [-0.25, -0.2) is 14.8 Å². The molecule has 1 rings (SSSR count). The van der Waals surface area contributed by atoms with Crippen LogP contribution in [0.3, 0.4) is 0 Å². The van der Waals surface area contributed by atoms with Gasteiger partial charge in [0.05, 0.1) is 0 Å². The normalized spacial score (nSPS) is 17.8. The molecule has 0 radical (unpaired) electrons. The number of aldehydes is 1. The lowest BCUT2D eigenvalue weighted by atomic mass is 10.1. The van der Waals surface area contributed by atoms with Crippen LogP contribution in [-0.2, 0) is 9.53 Å². The predicted molar refractivity (Wildman–Crippen MR) is 69.0 cm³/mol. The van der Waals surface area contributed by atoms with E-state index in [-0.39, 0.29) is 12.1 Å². The highest BCUT2D eigenvalue weighted by atomic mass is 16.6. The molecule has 1 saturated heterocycles. The Morgan fingerprint density at radius 1 is 1.44 bits per heavy atom. The Morgan fingerprint density at radius 3 is 2.44 bits per heavy atom. The molecule has 0 aromatic rings. The second-order valence-corrected chi connectivity index (χ2v) is 5.73. The summed E-state index contributed by atoms with van der Waals surface area (Å²) >= 11 is 0. The van der Waals surface area contributed by atoms with Gasteiger partial charge in [-0.1, -0.05) is 0 Å². The molecule has 18 heavy (non-hydrogen) atoms. The van der Waals surface area contributed by atoms with Gasteiger partial charge < -0.3 is 9.53 Å². The van der Waals surface area contributed by atoms with Crippen LogP contribution in [0, 0.1) is 0 Å². The molecule has 1 unspecified atom stereocenters. The van der Waals surface area contributed by atoms with Gasteiger partial charge in [0.1, 0.15) is 11.9 Å². The molecule has 1 aliphatic heterocycles. The van der Waals surface area contributed by atoms with Gasteiger partial charge in [0.15, 0.2) is 0 Å². The smallest absolute Gasteiger partial charge is 0.425 e. The Bertz CT molecular complexity index is 295. The molecule has 1 amide bonds. The highest BCUT2D eigenvalue weighted by Crippen LogP contribution is 2.20. The van der Waals surface area contributed by atoms with Gasteiger partial charge >= 0.3 is 6.09 Å². The van der Waals surface area contributed by atoms with Gasteiger partial charge in [0.25, 0.3) is 0 Å². The van der Waals surface area contributed by atoms with Crippen LogP contribution in [0.5, 0.6) is 0 Å². The summed E-state index contributed by atoms with van der Waals surface area (Å²) in [5, 5.41) is 3.65. The molecule has 104 valence electrons. The van der Waals surface area contributed by atoms with Gasteiger partial charge in [-0.05, 0) is 40.5 Å². The zero-order valence-electron chi connectivity index (χ0n) is 11.8. The standard InChI is InChI=1S/C13H24N2O3/c1-11(7-5-10-16)15(14-8-6-9-14)12(17)18-13(2,3)4/h10-11H,5-9H2,1-4H3. The van der Waals surface area contributed by atoms with Crippen molar-refractivity contribution >= 4 is 12.4 Å². The highest BCUT2D eigenvalue weighted by molar-refractivity contribution is 5.68. The molecule has 1 heterocycles. The largest absolute Gasteiger partial charge is 0.443 e. The summed E-state index contributed by atoms with van der Waals surface area (Å²) in [4.78, 5) is 22.6. The number of hydrazine groups is 1. The predicted octanol–water partition coefficient (Wildman–Crippen LogP) is 2.21. The first-order valence-corrected chi connectivity index (χ1v) is 6.56. The van der Waals surface area contributed by atoms with Crippen LogP contribution in [0.15, 0.2) is 0 Å². The fourth-order valence-electron chi connectivity index (χ4n) is 1.83. The molecule has 1 aliphatic rings. The molecule has 0 spiro atoms. The number of carbonyl (C=O) groups excluding carboxylic acids is 2. The second kappa shape index (κ2) is 6.18. The van der Waals surface area contributed by atoms with Crippen molar-refractivity contribution < 1.29 is 14.3 Å². The number of ether oxygens (including phenoxy) is 1. The first kappa shape index (κ1) is 15.0. The summed E-state index contributed by atoms with van der Waals surface area (Å²) in [6.07, 6.45) is 2.80. The van der Waals surface area contributed by atoms with Crippen molar-refractivity contribution in [3.8, 4) is 0 Å². The third kappa shape index (κ3) is 4.29. The quantitative estimate of drug-likeness (QED) is 0.708. The maximum absolute atomic E-state index is 12.2. The van der Waals surface area contributed by atoms with Crippen LogP contribution in [0.4, 0.5) is 4.79 Å². The van der Waals surface area contributed by atoms with Crippen LogP contribution in [-0.4, -0.2) is 47.1 Å². The van der Waals surface area contributed by atoms with Crippen LogP contribution >= 0.6 is 0 Å². The average Bonchev–Trinajstić information content (AvgIpc) is 2.16. The lowest BCUT2D eigenvalue weighted by molar-refractivity contribution is -0.111. The molecule has 0 aromatic heterocycles. The SMILES string of the molecule is CC(CCC=O)N(C(=O)OC(C)(C)C)N1CCC1. The molecule has 0 bridgehead atoms. The number of carbonyl (C=O) groups is 2. The summed E-state index contributed by atoms with van der Waals surface area (Å²) in [6.45, 7) is 9.28. The lowest BCUT2D eigenvalue weighted by Crippen LogP contribution is -2.57. The topological polar surface area (TPSA) is 49.9 Å². The third-order valence-electron chi connectivity index (χ3n) is 2.84. The van der Waals surface area contributed by atoms with Crippen molar-refractivity contribution in [1.29, 1.82) is 0 Å². The molecule has 0 aromatic carbocycles. The fourth-order valence-corrected chi connectivity index (χ4v) is 1.83. The van der Waals surface area contributed by atoms with Crippen molar-refractivity contribution in [2.24, 2.45) is 0 Å². The Labute approximate surface area is 109 Å². The van der Waals surface area contributed by atoms with E-state index in [0.29, 0.717) is 12.8 Å². The van der Waals surface area contributed by atoms with Gasteiger partial charge in [-0.15, -0.1) is 0 Å². The summed E-state index contributed by atoms with van der Waals surface area (Å²) in [6, 6.07) is -0.00894. The molecule has 0 aliphatic carbocycles. The van der Waals surface area contributed by atoms with E-state index >= 15 is 0 Å². The Kier molecular flexibility index (Phi) is 5.14. The minimum absolute atomic E-state index is 0.00894. The van der Waals surface area contributed by atoms with E-state index in [1.807, 2.05) is 32.7 Å². The van der Waals surface area contributed by atoms with E-state index in [0.717, 1.165) is 25.8 Å². The van der Waals surface area contributed by atoms with E-state index in [9.17, 15) is 9.59 Å². The van der Waals surface area contributed by atoms with Crippen molar-refractivity contribution in [3.05, 3.63) is 0 Å². The van der Waals surface area contributed by atoms with E-state index in [1.54, 1.807) is 5.01 Å². The number of hydrogen-bond donors (Lipinski definition) is 0. The maximum Gasteiger partial charge on any atom is 0.425 e. The highest BCUT2D eigenvalue weighted by Gasteiger charge is 2.33. The van der Waals surface area contributed by atoms with Gasteiger partial charge in [0, 0.05) is 25.6 Å². The summed E-state index contributed by atoms with van der Waals surface area (Å²) in [5.41, 5.74) is -0.495.